The summed E-state index contributed by atoms with van der Waals surface area (Å²) in [7, 11) is 1.46. The third kappa shape index (κ3) is 4.74. The molecule has 34 heavy (non-hydrogen) atoms. The molecular formula is C26H23N5O3. The van der Waals surface area contributed by atoms with E-state index in [0.717, 1.165) is 25.1 Å². The summed E-state index contributed by atoms with van der Waals surface area (Å²) in [5.41, 5.74) is 2.19. The molecule has 4 rings (SSSR count). The average molecular weight is 454 g/mol. The van der Waals surface area contributed by atoms with Crippen LogP contribution < -0.4 is 15.4 Å². The van der Waals surface area contributed by atoms with Gasteiger partial charge in [-0.3, -0.25) is 15.0 Å². The number of anilines is 2. The fourth-order valence-corrected chi connectivity index (χ4v) is 3.44. The van der Waals surface area contributed by atoms with E-state index in [1.807, 2.05) is 4.90 Å². The number of nitrogens with zero attached hydrogens (tertiary/aromatic N) is 2. The van der Waals surface area contributed by atoms with Crippen molar-refractivity contribution in [2.75, 3.05) is 30.8 Å². The number of para-hydroxylation sites is 1. The third-order valence-corrected chi connectivity index (χ3v) is 5.49. The van der Waals surface area contributed by atoms with E-state index in [1.54, 1.807) is 54.6 Å². The maximum atomic E-state index is 13.0. The molecule has 0 atom stereocenters. The lowest BCUT2D eigenvalue weighted by Gasteiger charge is -2.33. The van der Waals surface area contributed by atoms with Gasteiger partial charge >= 0.3 is 0 Å². The van der Waals surface area contributed by atoms with Crippen LogP contribution in [0.3, 0.4) is 0 Å². The van der Waals surface area contributed by atoms with E-state index in [0.29, 0.717) is 28.5 Å². The number of rotatable bonds is 6. The molecule has 170 valence electrons. The number of carbonyl (C=O) groups is 2. The van der Waals surface area contributed by atoms with Gasteiger partial charge in [0.1, 0.15) is 17.4 Å². The number of carbonyl (C=O) groups excluding carboxylic acids is 2. The summed E-state index contributed by atoms with van der Waals surface area (Å²) < 4.78 is 5.38. The van der Waals surface area contributed by atoms with Crippen molar-refractivity contribution in [1.29, 1.82) is 5.41 Å². The second-order valence-corrected chi connectivity index (χ2v) is 7.63. The largest absolute Gasteiger partial charge is 0.495 e. The Morgan fingerprint density at radius 3 is 2.35 bits per heavy atom. The standard InChI is InChI=1S/C26H23N5O3/c1-3-17-8-13-22(28-16-17)29-26(33)20-6-4-7-21(34-2)23(20)30-25(32)19-11-9-18(10-12-19)24(27)31-14-5-15-31/h1,4,6-13,16,27H,5,14-15H2,2H3,(H,30,32)(H,28,29,33). The average Bonchev–Trinajstić information content (AvgIpc) is 2.83. The van der Waals surface area contributed by atoms with Crippen molar-refractivity contribution in [2.45, 2.75) is 6.42 Å². The van der Waals surface area contributed by atoms with Crippen LogP contribution in [0, 0.1) is 17.8 Å². The lowest BCUT2D eigenvalue weighted by molar-refractivity contribution is 0.102. The molecule has 1 fully saturated rings. The van der Waals surface area contributed by atoms with Crippen LogP contribution in [0.2, 0.25) is 0 Å². The van der Waals surface area contributed by atoms with Gasteiger partial charge in [-0.05, 0) is 42.8 Å². The van der Waals surface area contributed by atoms with Gasteiger partial charge in [-0.25, -0.2) is 4.98 Å². The Hall–Kier alpha value is -4.64. The maximum Gasteiger partial charge on any atom is 0.259 e. The number of likely N-dealkylation sites (tertiary alicyclic amines) is 1. The van der Waals surface area contributed by atoms with Crippen LogP contribution in [-0.2, 0) is 0 Å². The van der Waals surface area contributed by atoms with Crippen LogP contribution >= 0.6 is 0 Å². The first-order chi connectivity index (χ1) is 16.5. The van der Waals surface area contributed by atoms with Gasteiger partial charge in [-0.2, -0.15) is 0 Å². The number of ether oxygens (including phenoxy) is 1. The van der Waals surface area contributed by atoms with Gasteiger partial charge in [0.05, 0.1) is 18.4 Å². The van der Waals surface area contributed by atoms with E-state index in [2.05, 4.69) is 21.5 Å². The van der Waals surface area contributed by atoms with Crippen molar-refractivity contribution in [2.24, 2.45) is 0 Å². The number of nitrogens with one attached hydrogen (secondary N) is 3. The molecule has 0 unspecified atom stereocenters. The van der Waals surface area contributed by atoms with Crippen molar-refractivity contribution in [3.8, 4) is 18.1 Å². The first-order valence-corrected chi connectivity index (χ1v) is 10.7. The summed E-state index contributed by atoms with van der Waals surface area (Å²) >= 11 is 0. The first-order valence-electron chi connectivity index (χ1n) is 10.7. The Morgan fingerprint density at radius 1 is 1.03 bits per heavy atom. The summed E-state index contributed by atoms with van der Waals surface area (Å²) in [6, 6.07) is 15.0. The van der Waals surface area contributed by atoms with Gasteiger partial charge in [0.25, 0.3) is 11.8 Å². The monoisotopic (exact) mass is 453 g/mol. The molecule has 2 heterocycles. The topological polar surface area (TPSA) is 107 Å². The fraction of sp³-hybridized carbons (Fsp3) is 0.154. The van der Waals surface area contributed by atoms with Crippen LogP contribution in [-0.4, -0.2) is 47.7 Å². The molecule has 8 heteroatoms. The molecule has 1 aromatic heterocycles. The molecule has 3 aromatic rings. The Morgan fingerprint density at radius 2 is 1.76 bits per heavy atom. The summed E-state index contributed by atoms with van der Waals surface area (Å²) in [6.07, 6.45) is 7.91. The predicted molar refractivity (Wildman–Crippen MR) is 131 cm³/mol. The van der Waals surface area contributed by atoms with Gasteiger partial charge in [-0.1, -0.05) is 24.1 Å². The predicted octanol–water partition coefficient (Wildman–Crippen LogP) is 3.61. The second-order valence-electron chi connectivity index (χ2n) is 7.63. The normalized spacial score (nSPS) is 12.2. The van der Waals surface area contributed by atoms with Crippen LogP contribution in [0.5, 0.6) is 5.75 Å². The van der Waals surface area contributed by atoms with Gasteiger partial charge < -0.3 is 20.3 Å². The van der Waals surface area contributed by atoms with Crippen LogP contribution in [0.1, 0.15) is 38.3 Å². The molecule has 1 saturated heterocycles. The highest BCUT2D eigenvalue weighted by Crippen LogP contribution is 2.29. The molecule has 0 saturated carbocycles. The molecular weight excluding hydrogens is 430 g/mol. The van der Waals surface area contributed by atoms with Crippen molar-refractivity contribution >= 4 is 29.2 Å². The molecule has 2 aromatic carbocycles. The van der Waals surface area contributed by atoms with Gasteiger partial charge in [0.15, 0.2) is 0 Å². The molecule has 2 amide bonds. The zero-order valence-corrected chi connectivity index (χ0v) is 18.6. The van der Waals surface area contributed by atoms with E-state index in [4.69, 9.17) is 16.6 Å². The van der Waals surface area contributed by atoms with Crippen molar-refractivity contribution in [3.05, 3.63) is 83.0 Å². The molecule has 0 spiro atoms. The lowest BCUT2D eigenvalue weighted by Crippen LogP contribution is -2.42. The zero-order valence-electron chi connectivity index (χ0n) is 18.6. The van der Waals surface area contributed by atoms with Crippen LogP contribution in [0.4, 0.5) is 11.5 Å². The Balaban J connectivity index is 1.53. The summed E-state index contributed by atoms with van der Waals surface area (Å²) in [4.78, 5) is 32.0. The van der Waals surface area contributed by atoms with E-state index in [1.165, 1.54) is 13.3 Å². The van der Waals surface area contributed by atoms with Crippen LogP contribution in [0.25, 0.3) is 0 Å². The van der Waals surface area contributed by atoms with Crippen LogP contribution in [0.15, 0.2) is 60.8 Å². The number of benzene rings is 2. The zero-order chi connectivity index (χ0) is 24.1. The minimum absolute atomic E-state index is 0.215. The van der Waals surface area contributed by atoms with Gasteiger partial charge in [0, 0.05) is 36.0 Å². The number of amidine groups is 1. The minimum atomic E-state index is -0.464. The smallest absolute Gasteiger partial charge is 0.259 e. The number of methoxy groups -OCH3 is 1. The third-order valence-electron chi connectivity index (χ3n) is 5.49. The Kier molecular flexibility index (Phi) is 6.55. The number of terminal acetylenes is 1. The number of pyridine rings is 1. The van der Waals surface area contributed by atoms with Crippen molar-refractivity contribution in [1.82, 2.24) is 9.88 Å². The summed E-state index contributed by atoms with van der Waals surface area (Å²) in [6.45, 7) is 1.76. The maximum absolute atomic E-state index is 13.0. The highest BCUT2D eigenvalue weighted by Gasteiger charge is 2.21. The SMILES string of the molecule is C#Cc1ccc(NC(=O)c2cccc(OC)c2NC(=O)c2ccc(C(=N)N3CCC3)cc2)nc1. The minimum Gasteiger partial charge on any atom is -0.495 e. The summed E-state index contributed by atoms with van der Waals surface area (Å²) in [5, 5.41) is 13.7. The molecule has 8 nitrogen and oxygen atoms in total. The van der Waals surface area contributed by atoms with Gasteiger partial charge in [0.2, 0.25) is 0 Å². The van der Waals surface area contributed by atoms with E-state index >= 15 is 0 Å². The molecule has 1 aliphatic rings. The highest BCUT2D eigenvalue weighted by molar-refractivity contribution is 6.13. The Bertz CT molecular complexity index is 1270. The number of amides is 2. The molecule has 0 aliphatic carbocycles. The molecule has 0 radical (unpaired) electrons. The van der Waals surface area contributed by atoms with Crippen molar-refractivity contribution < 1.29 is 14.3 Å². The number of aromatic nitrogens is 1. The molecule has 3 N–H and O–H groups in total. The number of hydrogen-bond donors (Lipinski definition) is 3. The first kappa shape index (κ1) is 22.6. The van der Waals surface area contributed by atoms with Gasteiger partial charge in [-0.15, -0.1) is 6.42 Å². The van der Waals surface area contributed by atoms with Crippen molar-refractivity contribution in [3.63, 3.8) is 0 Å². The summed E-state index contributed by atoms with van der Waals surface area (Å²) in [5.74, 6) is 2.71. The molecule has 1 aliphatic heterocycles. The van der Waals surface area contributed by atoms with E-state index < -0.39 is 11.8 Å². The quantitative estimate of drug-likeness (QED) is 0.300. The van der Waals surface area contributed by atoms with E-state index in [9.17, 15) is 9.59 Å². The number of hydrogen-bond acceptors (Lipinski definition) is 5. The Labute approximate surface area is 197 Å². The molecule has 0 bridgehead atoms. The highest BCUT2D eigenvalue weighted by atomic mass is 16.5. The second kappa shape index (κ2) is 9.88. The fourth-order valence-electron chi connectivity index (χ4n) is 3.44. The van der Waals surface area contributed by atoms with E-state index in [-0.39, 0.29) is 11.3 Å². The lowest BCUT2D eigenvalue weighted by atomic mass is 10.1.